The summed E-state index contributed by atoms with van der Waals surface area (Å²) in [4.78, 5) is 28.2. The third kappa shape index (κ3) is 2.41. The van der Waals surface area contributed by atoms with Gasteiger partial charge in [0.25, 0.3) is 5.91 Å². The normalized spacial score (nSPS) is 11.0. The molecule has 4 aromatic rings. The van der Waals surface area contributed by atoms with Crippen LogP contribution in [0, 0.1) is 0 Å². The molecule has 0 unspecified atom stereocenters. The van der Waals surface area contributed by atoms with Gasteiger partial charge in [-0.15, -0.1) is 0 Å². The molecule has 0 saturated heterocycles. The third-order valence-corrected chi connectivity index (χ3v) is 4.67. The molecule has 5 heteroatoms. The molecule has 0 aliphatic heterocycles. The summed E-state index contributed by atoms with van der Waals surface area (Å²) in [5.74, 6) is -0.272. The molecule has 0 saturated carbocycles. The fraction of sp³-hybridized carbons (Fsp3) is 0. The number of fused-ring (bicyclic) bond motifs is 2. The second kappa shape index (κ2) is 5.37. The second-order valence-electron chi connectivity index (χ2n) is 5.18. The van der Waals surface area contributed by atoms with Gasteiger partial charge in [0.2, 0.25) is 4.74 Å². The molecule has 4 nitrogen and oxygen atoms in total. The summed E-state index contributed by atoms with van der Waals surface area (Å²) >= 11 is 0.966. The van der Waals surface area contributed by atoms with Crippen LogP contribution in [0.2, 0.25) is 0 Å². The van der Waals surface area contributed by atoms with E-state index in [9.17, 15) is 9.59 Å². The predicted octanol–water partition coefficient (Wildman–Crippen LogP) is 4.00. The van der Waals surface area contributed by atoms with Gasteiger partial charge in [-0.3, -0.25) is 9.59 Å². The second-order valence-corrected chi connectivity index (χ2v) is 6.20. The van der Waals surface area contributed by atoms with Crippen molar-refractivity contribution in [2.75, 3.05) is 5.32 Å². The van der Waals surface area contributed by atoms with Crippen molar-refractivity contribution in [2.45, 2.75) is 0 Å². The molecule has 0 fully saturated rings. The Hall–Kier alpha value is -2.92. The Morgan fingerprint density at radius 1 is 1.00 bits per heavy atom. The number of aromatic nitrogens is 1. The first-order valence-corrected chi connectivity index (χ1v) is 7.94. The van der Waals surface area contributed by atoms with Crippen molar-refractivity contribution in [2.24, 2.45) is 0 Å². The van der Waals surface area contributed by atoms with Gasteiger partial charge in [-0.1, -0.05) is 35.6 Å². The first kappa shape index (κ1) is 13.7. The minimum Gasteiger partial charge on any atom is -0.361 e. The zero-order valence-electron chi connectivity index (χ0n) is 12.0. The molecular weight excluding hydrogens is 308 g/mol. The average Bonchev–Trinajstić information content (AvgIpc) is 3.04. The topological polar surface area (TPSA) is 62.0 Å². The molecule has 2 aromatic carbocycles. The molecule has 23 heavy (non-hydrogen) atoms. The molecule has 2 heterocycles. The zero-order chi connectivity index (χ0) is 15.8. The molecule has 0 spiro atoms. The van der Waals surface area contributed by atoms with Crippen molar-refractivity contribution in [3.05, 3.63) is 75.2 Å². The van der Waals surface area contributed by atoms with Crippen LogP contribution >= 0.6 is 11.3 Å². The minimum absolute atomic E-state index is 0.104. The Morgan fingerprint density at radius 3 is 2.78 bits per heavy atom. The molecule has 0 atom stereocenters. The van der Waals surface area contributed by atoms with E-state index in [1.165, 1.54) is 0 Å². The maximum absolute atomic E-state index is 12.5. The lowest BCUT2D eigenvalue weighted by atomic mass is 10.2. The van der Waals surface area contributed by atoms with Crippen LogP contribution in [0.5, 0.6) is 0 Å². The van der Waals surface area contributed by atoms with Gasteiger partial charge in [-0.2, -0.15) is 0 Å². The monoisotopic (exact) mass is 320 g/mol. The predicted molar refractivity (Wildman–Crippen MR) is 94.3 cm³/mol. The minimum atomic E-state index is -0.272. The number of hydrogen-bond acceptors (Lipinski definition) is 3. The molecule has 0 aliphatic rings. The zero-order valence-corrected chi connectivity index (χ0v) is 12.8. The molecule has 2 N–H and O–H groups in total. The SMILES string of the molecule is O=C(Nc1cccc2[nH]ccc12)c1cc2ccccc2c(=O)s1. The fourth-order valence-corrected chi connectivity index (χ4v) is 3.45. The maximum atomic E-state index is 12.5. The van der Waals surface area contributed by atoms with E-state index in [1.54, 1.807) is 12.1 Å². The van der Waals surface area contributed by atoms with Crippen molar-refractivity contribution in [3.8, 4) is 0 Å². The highest BCUT2D eigenvalue weighted by atomic mass is 32.1. The standard InChI is InChI=1S/C18H12N2O2S/c21-17(20-15-7-3-6-14-13(15)8-9-19-14)16-10-11-4-1-2-5-12(11)18(22)23-16/h1-10,19H,(H,20,21). The van der Waals surface area contributed by atoms with Crippen LogP contribution in [-0.4, -0.2) is 10.9 Å². The summed E-state index contributed by atoms with van der Waals surface area (Å²) < 4.78 is -0.104. The van der Waals surface area contributed by atoms with Crippen LogP contribution in [0.1, 0.15) is 9.67 Å². The van der Waals surface area contributed by atoms with Crippen LogP contribution in [0.3, 0.4) is 0 Å². The van der Waals surface area contributed by atoms with Gasteiger partial charge in [0.05, 0.1) is 10.6 Å². The molecule has 4 rings (SSSR count). The summed E-state index contributed by atoms with van der Waals surface area (Å²) in [7, 11) is 0. The molecule has 1 amide bonds. The number of amides is 1. The number of anilines is 1. The fourth-order valence-electron chi connectivity index (χ4n) is 2.62. The van der Waals surface area contributed by atoms with E-state index in [2.05, 4.69) is 10.3 Å². The smallest absolute Gasteiger partial charge is 0.265 e. The van der Waals surface area contributed by atoms with E-state index < -0.39 is 0 Å². The van der Waals surface area contributed by atoms with E-state index in [4.69, 9.17) is 0 Å². The highest BCUT2D eigenvalue weighted by Crippen LogP contribution is 2.23. The first-order valence-electron chi connectivity index (χ1n) is 7.13. The summed E-state index contributed by atoms with van der Waals surface area (Å²) in [5, 5.41) is 5.25. The average molecular weight is 320 g/mol. The van der Waals surface area contributed by atoms with Crippen LogP contribution in [0.15, 0.2) is 65.6 Å². The summed E-state index contributed by atoms with van der Waals surface area (Å²) in [6, 6.07) is 16.6. The molecule has 0 bridgehead atoms. The number of carbonyl (C=O) groups excluding carboxylic acids is 1. The third-order valence-electron chi connectivity index (χ3n) is 3.74. The van der Waals surface area contributed by atoms with Crippen LogP contribution < -0.4 is 10.1 Å². The summed E-state index contributed by atoms with van der Waals surface area (Å²) in [6.07, 6.45) is 1.83. The van der Waals surface area contributed by atoms with Gasteiger partial charge in [0.1, 0.15) is 0 Å². The van der Waals surface area contributed by atoms with E-state index in [-0.39, 0.29) is 10.6 Å². The number of rotatable bonds is 2. The highest BCUT2D eigenvalue weighted by molar-refractivity contribution is 7.12. The molecule has 0 aliphatic carbocycles. The Morgan fingerprint density at radius 2 is 1.87 bits per heavy atom. The van der Waals surface area contributed by atoms with Gasteiger partial charge in [0, 0.05) is 22.5 Å². The number of benzene rings is 2. The number of hydrogen-bond donors (Lipinski definition) is 2. The first-order chi connectivity index (χ1) is 11.2. The van der Waals surface area contributed by atoms with E-state index in [0.29, 0.717) is 10.3 Å². The quantitative estimate of drug-likeness (QED) is 0.586. The summed E-state index contributed by atoms with van der Waals surface area (Å²) in [6.45, 7) is 0. The van der Waals surface area contributed by atoms with Crippen molar-refractivity contribution < 1.29 is 4.79 Å². The molecular formula is C18H12N2O2S. The van der Waals surface area contributed by atoms with Crippen molar-refractivity contribution >= 4 is 44.6 Å². The van der Waals surface area contributed by atoms with Gasteiger partial charge < -0.3 is 10.3 Å². The number of H-pyrrole nitrogens is 1. The van der Waals surface area contributed by atoms with Crippen molar-refractivity contribution in [1.29, 1.82) is 0 Å². The maximum Gasteiger partial charge on any atom is 0.265 e. The Labute approximate surface area is 135 Å². The van der Waals surface area contributed by atoms with Gasteiger partial charge in [-0.05, 0) is 35.7 Å². The lowest BCUT2D eigenvalue weighted by Crippen LogP contribution is -2.13. The van der Waals surface area contributed by atoms with E-state index in [1.807, 2.05) is 48.7 Å². The number of aromatic amines is 1. The Kier molecular flexibility index (Phi) is 3.20. The van der Waals surface area contributed by atoms with Crippen LogP contribution in [0.4, 0.5) is 5.69 Å². The molecule has 112 valence electrons. The van der Waals surface area contributed by atoms with E-state index >= 15 is 0 Å². The lowest BCUT2D eigenvalue weighted by molar-refractivity contribution is 0.103. The van der Waals surface area contributed by atoms with Crippen molar-refractivity contribution in [1.82, 2.24) is 4.98 Å². The molecule has 0 radical (unpaired) electrons. The lowest BCUT2D eigenvalue weighted by Gasteiger charge is -2.07. The van der Waals surface area contributed by atoms with Crippen LogP contribution in [0.25, 0.3) is 21.7 Å². The number of carbonyl (C=O) groups is 1. The Balaban J connectivity index is 1.75. The Bertz CT molecular complexity index is 1090. The van der Waals surface area contributed by atoms with Gasteiger partial charge in [0.15, 0.2) is 0 Å². The van der Waals surface area contributed by atoms with Crippen molar-refractivity contribution in [3.63, 3.8) is 0 Å². The van der Waals surface area contributed by atoms with Crippen LogP contribution in [-0.2, 0) is 0 Å². The number of nitrogens with one attached hydrogen (secondary N) is 2. The van der Waals surface area contributed by atoms with Gasteiger partial charge in [-0.25, -0.2) is 0 Å². The largest absolute Gasteiger partial charge is 0.361 e. The van der Waals surface area contributed by atoms with E-state index in [0.717, 1.165) is 33.3 Å². The van der Waals surface area contributed by atoms with Gasteiger partial charge >= 0.3 is 0 Å². The summed E-state index contributed by atoms with van der Waals surface area (Å²) in [5.41, 5.74) is 1.68. The molecule has 2 aromatic heterocycles. The highest BCUT2D eigenvalue weighted by Gasteiger charge is 2.12.